The number of ether oxygens (including phenoxy) is 1. The fourth-order valence-electron chi connectivity index (χ4n) is 2.88. The number of para-hydroxylation sites is 2. The molecule has 1 aliphatic rings. The molecule has 1 aromatic heterocycles. The van der Waals surface area contributed by atoms with E-state index in [1.54, 1.807) is 13.4 Å². The second-order valence-corrected chi connectivity index (χ2v) is 5.84. The molecule has 24 heavy (non-hydrogen) atoms. The number of hydrogen-bond acceptors (Lipinski definition) is 5. The number of aromatic nitrogens is 1. The molecular weight excluding hydrogens is 308 g/mol. The van der Waals surface area contributed by atoms with Crippen molar-refractivity contribution < 1.29 is 14.1 Å². The van der Waals surface area contributed by atoms with Crippen molar-refractivity contribution in [1.82, 2.24) is 15.4 Å². The number of amides is 2. The van der Waals surface area contributed by atoms with E-state index in [4.69, 9.17) is 9.26 Å². The molecule has 2 aromatic rings. The zero-order chi connectivity index (χ0) is 16.8. The molecule has 7 heteroatoms. The van der Waals surface area contributed by atoms with Gasteiger partial charge < -0.3 is 19.9 Å². The minimum atomic E-state index is -0.200. The summed E-state index contributed by atoms with van der Waals surface area (Å²) in [6, 6.07) is 9.22. The van der Waals surface area contributed by atoms with Gasteiger partial charge >= 0.3 is 6.03 Å². The summed E-state index contributed by atoms with van der Waals surface area (Å²) in [4.78, 5) is 14.5. The van der Waals surface area contributed by atoms with Gasteiger partial charge in [-0.2, -0.15) is 0 Å². The second kappa shape index (κ2) is 7.83. The predicted molar refractivity (Wildman–Crippen MR) is 90.0 cm³/mol. The third kappa shape index (κ3) is 4.26. The number of benzene rings is 1. The number of likely N-dealkylation sites (tertiary alicyclic amines) is 1. The van der Waals surface area contributed by atoms with Gasteiger partial charge in [0.2, 0.25) is 0 Å². The Labute approximate surface area is 141 Å². The van der Waals surface area contributed by atoms with E-state index < -0.39 is 0 Å². The Morgan fingerprint density at radius 1 is 1.33 bits per heavy atom. The number of nitrogens with one attached hydrogen (secondary N) is 2. The van der Waals surface area contributed by atoms with E-state index in [0.717, 1.165) is 38.2 Å². The molecule has 1 saturated heterocycles. The molecule has 0 saturated carbocycles. The summed E-state index contributed by atoms with van der Waals surface area (Å²) in [5, 5.41) is 9.81. The Kier molecular flexibility index (Phi) is 5.32. The molecule has 0 unspecified atom stereocenters. The first-order valence-corrected chi connectivity index (χ1v) is 8.07. The number of carbonyl (C=O) groups excluding carboxylic acids is 1. The lowest BCUT2D eigenvalue weighted by atomic mass is 10.1. The smallest absolute Gasteiger partial charge is 0.319 e. The number of hydrogen-bond donors (Lipinski definition) is 2. The summed E-state index contributed by atoms with van der Waals surface area (Å²) in [6.45, 7) is 2.63. The molecular formula is C17H22N4O3. The lowest BCUT2D eigenvalue weighted by Gasteiger charge is -2.31. The van der Waals surface area contributed by atoms with Crippen LogP contribution in [0.2, 0.25) is 0 Å². The van der Waals surface area contributed by atoms with Crippen LogP contribution in [0.5, 0.6) is 5.75 Å². The lowest BCUT2D eigenvalue weighted by Crippen LogP contribution is -2.45. The maximum atomic E-state index is 12.2. The van der Waals surface area contributed by atoms with Gasteiger partial charge in [0.1, 0.15) is 12.0 Å². The highest BCUT2D eigenvalue weighted by Gasteiger charge is 2.21. The van der Waals surface area contributed by atoms with Gasteiger partial charge in [-0.05, 0) is 25.0 Å². The molecule has 7 nitrogen and oxygen atoms in total. The first-order chi connectivity index (χ1) is 11.7. The van der Waals surface area contributed by atoms with Crippen LogP contribution in [-0.2, 0) is 6.54 Å². The van der Waals surface area contributed by atoms with Gasteiger partial charge in [-0.25, -0.2) is 4.79 Å². The van der Waals surface area contributed by atoms with Crippen molar-refractivity contribution in [1.29, 1.82) is 0 Å². The average Bonchev–Trinajstić information content (AvgIpc) is 3.10. The fourth-order valence-corrected chi connectivity index (χ4v) is 2.88. The Bertz CT molecular complexity index is 652. The van der Waals surface area contributed by atoms with Crippen molar-refractivity contribution in [3.8, 4) is 5.75 Å². The summed E-state index contributed by atoms with van der Waals surface area (Å²) in [5.41, 5.74) is 1.61. The minimum Gasteiger partial charge on any atom is -0.495 e. The summed E-state index contributed by atoms with van der Waals surface area (Å²) in [5.74, 6) is 0.648. The predicted octanol–water partition coefficient (Wildman–Crippen LogP) is 2.47. The highest BCUT2D eigenvalue weighted by atomic mass is 16.5. The molecule has 2 heterocycles. The number of anilines is 1. The molecule has 2 N–H and O–H groups in total. The first-order valence-electron chi connectivity index (χ1n) is 8.07. The topological polar surface area (TPSA) is 79.6 Å². The molecule has 1 aromatic carbocycles. The maximum absolute atomic E-state index is 12.2. The standard InChI is InChI=1S/C17H22N4O3/c1-23-16-5-3-2-4-15(16)19-17(22)18-13-6-9-21(10-7-13)12-14-8-11-24-20-14/h2-5,8,11,13H,6-7,9-10,12H2,1H3,(H2,18,19,22). The summed E-state index contributed by atoms with van der Waals surface area (Å²) < 4.78 is 10.1. The third-order valence-electron chi connectivity index (χ3n) is 4.15. The van der Waals surface area contributed by atoms with Gasteiger partial charge in [0.25, 0.3) is 0 Å². The Balaban J connectivity index is 1.44. The van der Waals surface area contributed by atoms with Crippen molar-refractivity contribution in [2.75, 3.05) is 25.5 Å². The number of rotatable bonds is 5. The van der Waals surface area contributed by atoms with Crippen LogP contribution in [-0.4, -0.2) is 42.3 Å². The first kappa shape index (κ1) is 16.3. The van der Waals surface area contributed by atoms with Crippen LogP contribution in [0.1, 0.15) is 18.5 Å². The van der Waals surface area contributed by atoms with Gasteiger partial charge in [-0.1, -0.05) is 17.3 Å². The van der Waals surface area contributed by atoms with Gasteiger partial charge in [0.05, 0.1) is 18.5 Å². The molecule has 0 atom stereocenters. The Morgan fingerprint density at radius 3 is 2.83 bits per heavy atom. The molecule has 0 radical (unpaired) electrons. The van der Waals surface area contributed by atoms with Crippen molar-refractivity contribution in [2.24, 2.45) is 0 Å². The van der Waals surface area contributed by atoms with Crippen molar-refractivity contribution in [3.63, 3.8) is 0 Å². The van der Waals surface area contributed by atoms with Crippen LogP contribution in [0, 0.1) is 0 Å². The van der Waals surface area contributed by atoms with E-state index in [1.165, 1.54) is 0 Å². The van der Waals surface area contributed by atoms with Gasteiger partial charge in [0, 0.05) is 31.7 Å². The molecule has 1 aliphatic heterocycles. The van der Waals surface area contributed by atoms with E-state index in [2.05, 4.69) is 20.7 Å². The van der Waals surface area contributed by atoms with Crippen LogP contribution >= 0.6 is 0 Å². The van der Waals surface area contributed by atoms with Crippen LogP contribution in [0.3, 0.4) is 0 Å². The highest BCUT2D eigenvalue weighted by Crippen LogP contribution is 2.23. The summed E-state index contributed by atoms with van der Waals surface area (Å²) in [7, 11) is 1.59. The van der Waals surface area contributed by atoms with Crippen LogP contribution in [0.4, 0.5) is 10.5 Å². The van der Waals surface area contributed by atoms with Crippen LogP contribution < -0.4 is 15.4 Å². The average molecular weight is 330 g/mol. The lowest BCUT2D eigenvalue weighted by molar-refractivity contribution is 0.186. The van der Waals surface area contributed by atoms with E-state index >= 15 is 0 Å². The largest absolute Gasteiger partial charge is 0.495 e. The van der Waals surface area contributed by atoms with Crippen molar-refractivity contribution in [3.05, 3.63) is 42.3 Å². The number of urea groups is 1. The minimum absolute atomic E-state index is 0.174. The number of piperidine rings is 1. The Hall–Kier alpha value is -2.54. The molecule has 0 bridgehead atoms. The van der Waals surface area contributed by atoms with Crippen LogP contribution in [0.25, 0.3) is 0 Å². The molecule has 3 rings (SSSR count). The van der Waals surface area contributed by atoms with E-state index in [9.17, 15) is 4.79 Å². The van der Waals surface area contributed by atoms with Gasteiger partial charge in [-0.15, -0.1) is 0 Å². The quantitative estimate of drug-likeness (QED) is 0.880. The van der Waals surface area contributed by atoms with Gasteiger partial charge in [-0.3, -0.25) is 4.90 Å². The second-order valence-electron chi connectivity index (χ2n) is 5.84. The summed E-state index contributed by atoms with van der Waals surface area (Å²) in [6.07, 6.45) is 3.42. The number of carbonyl (C=O) groups is 1. The molecule has 0 aliphatic carbocycles. The van der Waals surface area contributed by atoms with E-state index in [-0.39, 0.29) is 12.1 Å². The summed E-state index contributed by atoms with van der Waals surface area (Å²) >= 11 is 0. The monoisotopic (exact) mass is 330 g/mol. The van der Waals surface area contributed by atoms with Crippen LogP contribution in [0.15, 0.2) is 41.1 Å². The zero-order valence-electron chi connectivity index (χ0n) is 13.7. The van der Waals surface area contributed by atoms with Crippen molar-refractivity contribution >= 4 is 11.7 Å². The molecule has 1 fully saturated rings. The van der Waals surface area contributed by atoms with Crippen molar-refractivity contribution in [2.45, 2.75) is 25.4 Å². The van der Waals surface area contributed by atoms with E-state index in [0.29, 0.717) is 11.4 Å². The van der Waals surface area contributed by atoms with Gasteiger partial charge in [0.15, 0.2) is 0 Å². The zero-order valence-corrected chi connectivity index (χ0v) is 13.7. The Morgan fingerprint density at radius 2 is 2.12 bits per heavy atom. The fraction of sp³-hybridized carbons (Fsp3) is 0.412. The normalized spacial score (nSPS) is 15.9. The SMILES string of the molecule is COc1ccccc1NC(=O)NC1CCN(Cc2ccon2)CC1. The molecule has 2 amide bonds. The molecule has 0 spiro atoms. The maximum Gasteiger partial charge on any atom is 0.319 e. The third-order valence-corrected chi connectivity index (χ3v) is 4.15. The van der Waals surface area contributed by atoms with E-state index in [1.807, 2.05) is 30.3 Å². The molecule has 128 valence electrons. The number of nitrogens with zero attached hydrogens (tertiary/aromatic N) is 2. The number of methoxy groups -OCH3 is 1. The highest BCUT2D eigenvalue weighted by molar-refractivity contribution is 5.91.